The summed E-state index contributed by atoms with van der Waals surface area (Å²) in [6.07, 6.45) is 1.99. The van der Waals surface area contributed by atoms with Crippen LogP contribution in [0.25, 0.3) is 5.69 Å². The maximum atomic E-state index is 12.4. The first-order valence-corrected chi connectivity index (χ1v) is 8.86. The topological polar surface area (TPSA) is 76.4 Å². The molecule has 3 aromatic rings. The average Bonchev–Trinajstić information content (AvgIpc) is 3.05. The van der Waals surface area contributed by atoms with Gasteiger partial charge in [-0.1, -0.05) is 18.2 Å². The zero-order valence-electron chi connectivity index (χ0n) is 13.9. The largest absolute Gasteiger partial charge is 0.504 e. The highest BCUT2D eigenvalue weighted by Crippen LogP contribution is 2.40. The number of hydrogen-bond acceptors (Lipinski definition) is 4. The third-order valence-corrected chi connectivity index (χ3v) is 5.16. The molecular formula is C19H16BrN3O3. The maximum absolute atomic E-state index is 12.4. The van der Waals surface area contributed by atoms with Crippen LogP contribution in [0.5, 0.6) is 11.5 Å². The van der Waals surface area contributed by atoms with E-state index in [-0.39, 0.29) is 24.0 Å². The lowest BCUT2D eigenvalue weighted by Gasteiger charge is -2.24. The number of benzene rings is 2. The number of para-hydroxylation sites is 1. The highest BCUT2D eigenvalue weighted by atomic mass is 79.9. The molecule has 0 bridgehead atoms. The van der Waals surface area contributed by atoms with Crippen LogP contribution in [0.3, 0.4) is 0 Å². The van der Waals surface area contributed by atoms with Crippen molar-refractivity contribution in [1.29, 1.82) is 0 Å². The van der Waals surface area contributed by atoms with E-state index in [9.17, 15) is 9.90 Å². The average molecular weight is 414 g/mol. The Bertz CT molecular complexity index is 999. The Morgan fingerprint density at radius 2 is 2.12 bits per heavy atom. The van der Waals surface area contributed by atoms with Crippen LogP contribution < -0.4 is 10.1 Å². The van der Waals surface area contributed by atoms with Gasteiger partial charge in [-0.3, -0.25) is 9.36 Å². The summed E-state index contributed by atoms with van der Waals surface area (Å²) in [5, 5.41) is 12.8. The van der Waals surface area contributed by atoms with Crippen molar-refractivity contribution in [3.05, 3.63) is 64.5 Å². The summed E-state index contributed by atoms with van der Waals surface area (Å²) in [7, 11) is 1.50. The van der Waals surface area contributed by atoms with Gasteiger partial charge in [0.05, 0.1) is 18.5 Å². The van der Waals surface area contributed by atoms with Crippen molar-refractivity contribution < 1.29 is 14.6 Å². The predicted molar refractivity (Wildman–Crippen MR) is 101 cm³/mol. The summed E-state index contributed by atoms with van der Waals surface area (Å²) in [6.45, 7) is 0. The number of nitrogens with one attached hydrogen (secondary N) is 1. The second-order valence-corrected chi connectivity index (χ2v) is 6.89. The molecule has 4 rings (SSSR count). The fraction of sp³-hybridized carbons (Fsp3) is 0.158. The number of ether oxygens (including phenoxy) is 1. The van der Waals surface area contributed by atoms with Gasteiger partial charge in [0.1, 0.15) is 12.1 Å². The van der Waals surface area contributed by atoms with Crippen LogP contribution in [-0.4, -0.2) is 27.7 Å². The lowest BCUT2D eigenvalue weighted by Crippen LogP contribution is -2.25. The molecule has 26 heavy (non-hydrogen) atoms. The van der Waals surface area contributed by atoms with Crippen LogP contribution in [0, 0.1) is 0 Å². The molecule has 0 spiro atoms. The summed E-state index contributed by atoms with van der Waals surface area (Å²) in [6, 6.07) is 12.9. The summed E-state index contributed by atoms with van der Waals surface area (Å²) >= 11 is 3.54. The Balaban J connectivity index is 1.83. The number of fused-ring (bicyclic) bond motifs is 1. The Hall–Kier alpha value is -2.80. The first kappa shape index (κ1) is 16.7. The van der Waals surface area contributed by atoms with Gasteiger partial charge in [-0.15, -0.1) is 0 Å². The minimum atomic E-state index is -0.211. The molecule has 2 N–H and O–H groups in total. The highest BCUT2D eigenvalue weighted by Gasteiger charge is 2.31. The molecule has 0 unspecified atom stereocenters. The zero-order valence-corrected chi connectivity index (χ0v) is 15.5. The number of amides is 1. The van der Waals surface area contributed by atoms with Crippen LogP contribution in [0.1, 0.15) is 23.6 Å². The molecule has 0 fully saturated rings. The van der Waals surface area contributed by atoms with Gasteiger partial charge in [0.2, 0.25) is 5.91 Å². The minimum absolute atomic E-state index is 0.0653. The molecule has 0 aliphatic carbocycles. The molecule has 0 radical (unpaired) electrons. The third-order valence-electron chi connectivity index (χ3n) is 4.49. The lowest BCUT2D eigenvalue weighted by atomic mass is 9.89. The molecule has 7 heteroatoms. The standard InChI is InChI=1S/C19H16BrN3O3/c1-26-16-8-11(6-7-15(16)24)12-9-17(25)22-19-18(12)21-10-23(19)14-5-3-2-4-13(14)20/h2-8,10,12,24H,9H2,1H3,(H,22,25)/t12-/m1/s1. The number of aromatic hydroxyl groups is 1. The Kier molecular flexibility index (Phi) is 4.16. The van der Waals surface area contributed by atoms with E-state index in [0.29, 0.717) is 11.6 Å². The first-order valence-electron chi connectivity index (χ1n) is 8.07. The molecule has 2 heterocycles. The lowest BCUT2D eigenvalue weighted by molar-refractivity contribution is -0.116. The van der Waals surface area contributed by atoms with Gasteiger partial charge in [-0.05, 0) is 45.8 Å². The van der Waals surface area contributed by atoms with Crippen LogP contribution in [0.15, 0.2) is 53.3 Å². The van der Waals surface area contributed by atoms with Crippen LogP contribution in [0.4, 0.5) is 5.82 Å². The number of methoxy groups -OCH3 is 1. The number of phenols is 1. The Labute approximate surface area is 158 Å². The molecule has 6 nitrogen and oxygen atoms in total. The normalized spacial score (nSPS) is 16.1. The van der Waals surface area contributed by atoms with Gasteiger partial charge in [0.15, 0.2) is 11.5 Å². The zero-order chi connectivity index (χ0) is 18.3. The molecule has 1 amide bonds. The van der Waals surface area contributed by atoms with E-state index < -0.39 is 0 Å². The fourth-order valence-electron chi connectivity index (χ4n) is 3.22. The van der Waals surface area contributed by atoms with Gasteiger partial charge in [0, 0.05) is 16.8 Å². The van der Waals surface area contributed by atoms with E-state index >= 15 is 0 Å². The quantitative estimate of drug-likeness (QED) is 0.683. The number of nitrogens with zero attached hydrogens (tertiary/aromatic N) is 2. The van der Waals surface area contributed by atoms with Crippen LogP contribution in [-0.2, 0) is 4.79 Å². The van der Waals surface area contributed by atoms with E-state index in [4.69, 9.17) is 4.74 Å². The SMILES string of the molecule is COc1cc([C@H]2CC(=O)Nc3c2ncn3-c2ccccc2Br)ccc1O. The molecule has 1 aromatic heterocycles. The van der Waals surface area contributed by atoms with Crippen molar-refractivity contribution in [1.82, 2.24) is 9.55 Å². The summed E-state index contributed by atoms with van der Waals surface area (Å²) in [4.78, 5) is 16.9. The Morgan fingerprint density at radius 1 is 1.31 bits per heavy atom. The number of carbonyl (C=O) groups is 1. The van der Waals surface area contributed by atoms with Crippen molar-refractivity contribution in [2.24, 2.45) is 0 Å². The van der Waals surface area contributed by atoms with E-state index in [2.05, 4.69) is 26.2 Å². The number of rotatable bonds is 3. The van der Waals surface area contributed by atoms with Crippen molar-refractivity contribution in [3.8, 4) is 17.2 Å². The van der Waals surface area contributed by atoms with E-state index in [1.807, 2.05) is 28.8 Å². The second kappa shape index (κ2) is 6.49. The molecule has 1 aliphatic rings. The molecule has 1 aliphatic heterocycles. The van der Waals surface area contributed by atoms with Crippen molar-refractivity contribution in [3.63, 3.8) is 0 Å². The molecule has 2 aromatic carbocycles. The van der Waals surface area contributed by atoms with Crippen LogP contribution >= 0.6 is 15.9 Å². The smallest absolute Gasteiger partial charge is 0.226 e. The van der Waals surface area contributed by atoms with Gasteiger partial charge < -0.3 is 15.2 Å². The molecular weight excluding hydrogens is 398 g/mol. The predicted octanol–water partition coefficient (Wildman–Crippen LogP) is 3.82. The van der Waals surface area contributed by atoms with Crippen molar-refractivity contribution in [2.45, 2.75) is 12.3 Å². The number of phenolic OH excluding ortho intramolecular Hbond substituents is 1. The van der Waals surface area contributed by atoms with Gasteiger partial charge >= 0.3 is 0 Å². The molecule has 132 valence electrons. The molecule has 1 atom stereocenters. The number of aromatic nitrogens is 2. The number of carbonyl (C=O) groups excluding carboxylic acids is 1. The molecule has 0 saturated carbocycles. The first-order chi connectivity index (χ1) is 12.6. The summed E-state index contributed by atoms with van der Waals surface area (Å²) in [5.41, 5.74) is 2.55. The van der Waals surface area contributed by atoms with Crippen molar-refractivity contribution in [2.75, 3.05) is 12.4 Å². The second-order valence-electron chi connectivity index (χ2n) is 6.04. The van der Waals surface area contributed by atoms with E-state index in [1.165, 1.54) is 7.11 Å². The summed E-state index contributed by atoms with van der Waals surface area (Å²) < 4.78 is 7.97. The highest BCUT2D eigenvalue weighted by molar-refractivity contribution is 9.10. The van der Waals surface area contributed by atoms with Gasteiger partial charge in [0.25, 0.3) is 0 Å². The minimum Gasteiger partial charge on any atom is -0.504 e. The number of halogens is 1. The maximum Gasteiger partial charge on any atom is 0.226 e. The number of imidazole rings is 1. The number of anilines is 1. The van der Waals surface area contributed by atoms with E-state index in [1.54, 1.807) is 24.5 Å². The van der Waals surface area contributed by atoms with Crippen molar-refractivity contribution >= 4 is 27.7 Å². The monoisotopic (exact) mass is 413 g/mol. The van der Waals surface area contributed by atoms with Gasteiger partial charge in [-0.2, -0.15) is 0 Å². The number of hydrogen-bond donors (Lipinski definition) is 2. The van der Waals surface area contributed by atoms with Gasteiger partial charge in [-0.25, -0.2) is 4.98 Å². The van der Waals surface area contributed by atoms with Crippen LogP contribution in [0.2, 0.25) is 0 Å². The van der Waals surface area contributed by atoms with E-state index in [0.717, 1.165) is 21.4 Å². The molecule has 0 saturated heterocycles. The Morgan fingerprint density at radius 3 is 2.88 bits per heavy atom. The fourth-order valence-corrected chi connectivity index (χ4v) is 3.70. The summed E-state index contributed by atoms with van der Waals surface area (Å²) in [5.74, 6) is 0.807. The third kappa shape index (κ3) is 2.74.